The molecule has 9 heteroatoms. The van der Waals surface area contributed by atoms with Crippen LogP contribution in [0.4, 0.5) is 10.5 Å². The molecule has 0 aliphatic carbocycles. The van der Waals surface area contributed by atoms with Gasteiger partial charge in [0.15, 0.2) is 0 Å². The number of carbonyl (C=O) groups excluding carboxylic acids is 3. The van der Waals surface area contributed by atoms with Gasteiger partial charge < -0.3 is 9.47 Å². The summed E-state index contributed by atoms with van der Waals surface area (Å²) in [6, 6.07) is 17.5. The lowest BCUT2D eigenvalue weighted by molar-refractivity contribution is -0.122. The van der Waals surface area contributed by atoms with Crippen LogP contribution in [0.3, 0.4) is 0 Å². The van der Waals surface area contributed by atoms with Crippen LogP contribution in [0.1, 0.15) is 18.1 Å². The summed E-state index contributed by atoms with van der Waals surface area (Å²) in [5, 5.41) is 3.23. The maximum atomic E-state index is 13.1. The molecule has 1 saturated heterocycles. The molecule has 0 radical (unpaired) electrons. The lowest BCUT2D eigenvalue weighted by atomic mass is 10.1. The number of ether oxygens (including phenoxy) is 2. The van der Waals surface area contributed by atoms with Gasteiger partial charge in [-0.3, -0.25) is 14.9 Å². The zero-order valence-electron chi connectivity index (χ0n) is 18.6. The zero-order valence-corrected chi connectivity index (χ0v) is 20.1. The number of halogens is 2. The number of urea groups is 1. The molecule has 35 heavy (non-hydrogen) atoms. The van der Waals surface area contributed by atoms with Crippen LogP contribution in [0, 0.1) is 0 Å². The Morgan fingerprint density at radius 1 is 0.886 bits per heavy atom. The molecule has 0 spiro atoms. The highest BCUT2D eigenvalue weighted by Crippen LogP contribution is 2.26. The normalized spacial score (nSPS) is 14.8. The molecule has 3 aromatic rings. The molecule has 3 aromatic carbocycles. The number of nitrogens with zero attached hydrogens (tertiary/aromatic N) is 1. The molecule has 1 fully saturated rings. The van der Waals surface area contributed by atoms with E-state index in [-0.39, 0.29) is 17.9 Å². The average molecular weight is 511 g/mol. The Balaban J connectivity index is 1.50. The number of carbonyl (C=O) groups is 3. The number of amides is 4. The highest BCUT2D eigenvalue weighted by molar-refractivity contribution is 6.39. The van der Waals surface area contributed by atoms with E-state index in [0.29, 0.717) is 33.7 Å². The van der Waals surface area contributed by atoms with E-state index < -0.39 is 17.8 Å². The monoisotopic (exact) mass is 510 g/mol. The first-order valence-corrected chi connectivity index (χ1v) is 11.4. The van der Waals surface area contributed by atoms with Gasteiger partial charge in [0, 0.05) is 15.6 Å². The summed E-state index contributed by atoms with van der Waals surface area (Å²) in [6.07, 6.45) is 1.43. The fourth-order valence-electron chi connectivity index (χ4n) is 3.38. The van der Waals surface area contributed by atoms with E-state index in [1.807, 2.05) is 6.92 Å². The summed E-state index contributed by atoms with van der Waals surface area (Å²) in [7, 11) is 0. The molecule has 0 bridgehead atoms. The molecule has 0 atom stereocenters. The number of hydrogen-bond donors (Lipinski definition) is 1. The summed E-state index contributed by atoms with van der Waals surface area (Å²) in [5.74, 6) is -0.309. The Kier molecular flexibility index (Phi) is 7.39. The molecule has 0 aromatic heterocycles. The predicted octanol–water partition coefficient (Wildman–Crippen LogP) is 5.64. The van der Waals surface area contributed by atoms with Crippen molar-refractivity contribution in [2.45, 2.75) is 13.5 Å². The quantitative estimate of drug-likeness (QED) is 0.328. The van der Waals surface area contributed by atoms with Gasteiger partial charge in [0.2, 0.25) is 0 Å². The van der Waals surface area contributed by atoms with E-state index in [9.17, 15) is 14.4 Å². The Morgan fingerprint density at radius 2 is 1.54 bits per heavy atom. The Labute approximate surface area is 211 Å². The molecule has 1 aliphatic rings. The van der Waals surface area contributed by atoms with Gasteiger partial charge in [0.25, 0.3) is 11.8 Å². The van der Waals surface area contributed by atoms with Gasteiger partial charge >= 0.3 is 6.03 Å². The third kappa shape index (κ3) is 5.65. The van der Waals surface area contributed by atoms with Crippen molar-refractivity contribution in [2.75, 3.05) is 11.5 Å². The second-order valence-corrected chi connectivity index (χ2v) is 8.32. The second kappa shape index (κ2) is 10.6. The number of rotatable bonds is 7. The zero-order chi connectivity index (χ0) is 24.9. The number of barbiturate groups is 1. The molecule has 4 rings (SSSR count). The lowest BCUT2D eigenvalue weighted by Gasteiger charge is -2.26. The summed E-state index contributed by atoms with van der Waals surface area (Å²) in [4.78, 5) is 38.8. The lowest BCUT2D eigenvalue weighted by Crippen LogP contribution is -2.54. The molecule has 0 unspecified atom stereocenters. The maximum Gasteiger partial charge on any atom is 0.335 e. The molecule has 1 heterocycles. The molecule has 4 amide bonds. The Hall–Kier alpha value is -3.81. The minimum absolute atomic E-state index is 0.161. The van der Waals surface area contributed by atoms with Gasteiger partial charge in [-0.05, 0) is 67.1 Å². The van der Waals surface area contributed by atoms with Crippen molar-refractivity contribution in [3.8, 4) is 11.5 Å². The van der Waals surface area contributed by atoms with Crippen molar-refractivity contribution in [2.24, 2.45) is 0 Å². The van der Waals surface area contributed by atoms with Crippen LogP contribution in [0.15, 0.2) is 72.3 Å². The smallest absolute Gasteiger partial charge is 0.335 e. The third-order valence-electron chi connectivity index (χ3n) is 5.11. The predicted molar refractivity (Wildman–Crippen MR) is 134 cm³/mol. The SMILES string of the molecule is CCOc1ccc(/C=C2\C(=O)NC(=O)N(c3ccc(OCc4ccc(Cl)cc4Cl)cc3)C2=O)cc1. The molecular formula is C26H20Cl2N2O5. The van der Waals surface area contributed by atoms with Crippen molar-refractivity contribution in [3.63, 3.8) is 0 Å². The molecular weight excluding hydrogens is 491 g/mol. The average Bonchev–Trinajstić information content (AvgIpc) is 2.83. The Bertz CT molecular complexity index is 1300. The number of nitrogens with one attached hydrogen (secondary N) is 1. The van der Waals surface area contributed by atoms with Crippen LogP contribution in [-0.2, 0) is 16.2 Å². The van der Waals surface area contributed by atoms with E-state index in [2.05, 4.69) is 5.32 Å². The van der Waals surface area contributed by atoms with E-state index in [1.165, 1.54) is 6.08 Å². The molecule has 178 valence electrons. The van der Waals surface area contributed by atoms with E-state index >= 15 is 0 Å². The molecule has 1 aliphatic heterocycles. The number of anilines is 1. The maximum absolute atomic E-state index is 13.1. The van der Waals surface area contributed by atoms with Crippen molar-refractivity contribution in [1.29, 1.82) is 0 Å². The second-order valence-electron chi connectivity index (χ2n) is 7.48. The first kappa shape index (κ1) is 24.3. The number of hydrogen-bond acceptors (Lipinski definition) is 5. The van der Waals surface area contributed by atoms with Crippen LogP contribution in [0.5, 0.6) is 11.5 Å². The van der Waals surface area contributed by atoms with Crippen molar-refractivity contribution in [3.05, 3.63) is 93.5 Å². The minimum Gasteiger partial charge on any atom is -0.494 e. The summed E-state index contributed by atoms with van der Waals surface area (Å²) in [6.45, 7) is 2.61. The number of benzene rings is 3. The number of imide groups is 2. The standard InChI is InChI=1S/C26H20Cl2N2O5/c1-2-34-20-9-3-16(4-10-20)13-22-24(31)29-26(33)30(25(22)32)19-7-11-21(12-8-19)35-15-17-5-6-18(27)14-23(17)28/h3-14H,2,15H2,1H3,(H,29,31,33)/b22-13+. The van der Waals surface area contributed by atoms with Crippen LogP contribution in [-0.4, -0.2) is 24.5 Å². The van der Waals surface area contributed by atoms with Gasteiger partial charge in [0.05, 0.1) is 12.3 Å². The van der Waals surface area contributed by atoms with Crippen LogP contribution >= 0.6 is 23.2 Å². The van der Waals surface area contributed by atoms with E-state index in [0.717, 1.165) is 10.5 Å². The van der Waals surface area contributed by atoms with E-state index in [1.54, 1.807) is 66.7 Å². The highest BCUT2D eigenvalue weighted by Gasteiger charge is 2.36. The summed E-state index contributed by atoms with van der Waals surface area (Å²) < 4.78 is 11.1. The van der Waals surface area contributed by atoms with Crippen molar-refractivity contribution < 1.29 is 23.9 Å². The Morgan fingerprint density at radius 3 is 2.20 bits per heavy atom. The van der Waals surface area contributed by atoms with Gasteiger partial charge in [0.1, 0.15) is 23.7 Å². The largest absolute Gasteiger partial charge is 0.494 e. The van der Waals surface area contributed by atoms with Crippen LogP contribution in [0.2, 0.25) is 10.0 Å². The first-order valence-electron chi connectivity index (χ1n) is 10.7. The van der Waals surface area contributed by atoms with Gasteiger partial charge in [-0.2, -0.15) is 0 Å². The van der Waals surface area contributed by atoms with Gasteiger partial charge in [-0.25, -0.2) is 9.69 Å². The third-order valence-corrected chi connectivity index (χ3v) is 5.70. The first-order chi connectivity index (χ1) is 16.9. The fourth-order valence-corrected chi connectivity index (χ4v) is 3.84. The topological polar surface area (TPSA) is 84.9 Å². The molecule has 0 saturated carbocycles. The highest BCUT2D eigenvalue weighted by atomic mass is 35.5. The minimum atomic E-state index is -0.828. The van der Waals surface area contributed by atoms with Crippen molar-refractivity contribution in [1.82, 2.24) is 5.32 Å². The molecule has 7 nitrogen and oxygen atoms in total. The van der Waals surface area contributed by atoms with Gasteiger partial charge in [-0.1, -0.05) is 41.4 Å². The van der Waals surface area contributed by atoms with Crippen LogP contribution in [0.25, 0.3) is 6.08 Å². The fraction of sp³-hybridized carbons (Fsp3) is 0.115. The summed E-state index contributed by atoms with van der Waals surface area (Å²) >= 11 is 12.1. The van der Waals surface area contributed by atoms with E-state index in [4.69, 9.17) is 32.7 Å². The van der Waals surface area contributed by atoms with Gasteiger partial charge in [-0.15, -0.1) is 0 Å². The summed E-state index contributed by atoms with van der Waals surface area (Å²) in [5.41, 5.74) is 1.50. The van der Waals surface area contributed by atoms with Crippen molar-refractivity contribution >= 4 is 52.8 Å². The van der Waals surface area contributed by atoms with Crippen LogP contribution < -0.4 is 19.7 Å². The molecule has 1 N–H and O–H groups in total.